The second-order valence-electron chi connectivity index (χ2n) is 7.50. The van der Waals surface area contributed by atoms with Gasteiger partial charge in [0.2, 0.25) is 10.0 Å². The molecule has 0 amide bonds. The van der Waals surface area contributed by atoms with E-state index in [1.54, 1.807) is 0 Å². The zero-order chi connectivity index (χ0) is 22.6. The highest BCUT2D eigenvalue weighted by Crippen LogP contribution is 2.19. The van der Waals surface area contributed by atoms with Gasteiger partial charge in [-0.3, -0.25) is 0 Å². The van der Waals surface area contributed by atoms with E-state index in [4.69, 9.17) is 9.47 Å². The Kier molecular flexibility index (Phi) is 7.03. The molecule has 0 saturated carbocycles. The van der Waals surface area contributed by atoms with Crippen LogP contribution in [0, 0.1) is 13.8 Å². The summed E-state index contributed by atoms with van der Waals surface area (Å²) in [6.07, 6.45) is 0.246. The lowest BCUT2D eigenvalue weighted by Crippen LogP contribution is -2.35. The van der Waals surface area contributed by atoms with E-state index in [1.165, 1.54) is 24.3 Å². The average molecular weight is 468 g/mol. The van der Waals surface area contributed by atoms with Gasteiger partial charge in [-0.15, -0.1) is 0 Å². The smallest absolute Gasteiger partial charge is 0.338 e. The molecule has 2 aromatic rings. The van der Waals surface area contributed by atoms with E-state index in [0.29, 0.717) is 0 Å². The second-order valence-corrected chi connectivity index (χ2v) is 11.4. The molecule has 0 radical (unpaired) electrons. The van der Waals surface area contributed by atoms with Crippen LogP contribution in [0.4, 0.5) is 0 Å². The molecule has 3 rings (SSSR count). The molecule has 1 fully saturated rings. The Morgan fingerprint density at radius 2 is 1.81 bits per heavy atom. The fourth-order valence-electron chi connectivity index (χ4n) is 3.18. The number of nitrogens with one attached hydrogen (secondary N) is 1. The molecule has 168 valence electrons. The molecule has 1 atom stereocenters. The molecule has 10 heteroatoms. The molecular formula is C21H25NO7S2. The van der Waals surface area contributed by atoms with Gasteiger partial charge in [0.25, 0.3) is 0 Å². The fraction of sp³-hybridized carbons (Fsp3) is 0.381. The standard InChI is InChI=1S/C21H25NO7S2/c1-15-3-4-16(2)20(13-15)28-10-11-29-21(23)17-5-7-19(8-6-17)31(26,27)22-18-9-12-30(24,25)14-18/h3-8,13,18,22H,9-12,14H2,1-2H3/t18-/m0/s1. The zero-order valence-corrected chi connectivity index (χ0v) is 19.0. The summed E-state index contributed by atoms with van der Waals surface area (Å²) in [7, 11) is -7.08. The van der Waals surface area contributed by atoms with Gasteiger partial charge in [-0.05, 0) is 61.7 Å². The van der Waals surface area contributed by atoms with Crippen LogP contribution in [0.15, 0.2) is 47.4 Å². The van der Waals surface area contributed by atoms with Crippen LogP contribution in [0.3, 0.4) is 0 Å². The average Bonchev–Trinajstić information content (AvgIpc) is 3.05. The van der Waals surface area contributed by atoms with Crippen molar-refractivity contribution in [1.29, 1.82) is 0 Å². The number of ether oxygens (including phenoxy) is 2. The van der Waals surface area contributed by atoms with E-state index >= 15 is 0 Å². The quantitative estimate of drug-likeness (QED) is 0.466. The summed E-state index contributed by atoms with van der Waals surface area (Å²) in [5.74, 6) is -0.102. The summed E-state index contributed by atoms with van der Waals surface area (Å²) in [5, 5.41) is 0. The van der Waals surface area contributed by atoms with Gasteiger partial charge in [-0.1, -0.05) is 12.1 Å². The predicted octanol–water partition coefficient (Wildman–Crippen LogP) is 2.00. The third kappa shape index (κ3) is 6.28. The molecule has 1 heterocycles. The van der Waals surface area contributed by atoms with Crippen molar-refractivity contribution in [3.8, 4) is 5.75 Å². The molecule has 0 spiro atoms. The number of hydrogen-bond donors (Lipinski definition) is 1. The molecule has 0 aliphatic carbocycles. The number of benzene rings is 2. The number of rotatable bonds is 8. The normalized spacial score (nSPS) is 17.9. The Morgan fingerprint density at radius 1 is 1.10 bits per heavy atom. The molecular weight excluding hydrogens is 442 g/mol. The van der Waals surface area contributed by atoms with E-state index in [2.05, 4.69) is 4.72 Å². The summed E-state index contributed by atoms with van der Waals surface area (Å²) in [6.45, 7) is 4.12. The van der Waals surface area contributed by atoms with E-state index in [9.17, 15) is 21.6 Å². The minimum atomic E-state index is -3.88. The van der Waals surface area contributed by atoms with Crippen LogP contribution in [0.1, 0.15) is 27.9 Å². The minimum absolute atomic E-state index is 0.0296. The van der Waals surface area contributed by atoms with Crippen LogP contribution in [0.25, 0.3) is 0 Å². The molecule has 1 aliphatic rings. The largest absolute Gasteiger partial charge is 0.490 e. The molecule has 1 aliphatic heterocycles. The highest BCUT2D eigenvalue weighted by atomic mass is 32.2. The molecule has 0 aromatic heterocycles. The van der Waals surface area contributed by atoms with E-state index in [0.717, 1.165) is 16.9 Å². The number of sulfonamides is 1. The van der Waals surface area contributed by atoms with Gasteiger partial charge in [0.1, 0.15) is 19.0 Å². The summed E-state index contributed by atoms with van der Waals surface area (Å²) < 4.78 is 61.1. The van der Waals surface area contributed by atoms with Crippen LogP contribution in [0.2, 0.25) is 0 Å². The van der Waals surface area contributed by atoms with Crippen molar-refractivity contribution in [2.75, 3.05) is 24.7 Å². The van der Waals surface area contributed by atoms with Gasteiger partial charge >= 0.3 is 5.97 Å². The van der Waals surface area contributed by atoms with Gasteiger partial charge in [0, 0.05) is 6.04 Å². The fourth-order valence-corrected chi connectivity index (χ4v) is 6.23. The van der Waals surface area contributed by atoms with Gasteiger partial charge in [0.05, 0.1) is 22.0 Å². The van der Waals surface area contributed by atoms with Crippen molar-refractivity contribution in [3.63, 3.8) is 0 Å². The van der Waals surface area contributed by atoms with Crippen molar-refractivity contribution in [1.82, 2.24) is 4.72 Å². The summed E-state index contributed by atoms with van der Waals surface area (Å²) in [6, 6.07) is 10.5. The molecule has 0 unspecified atom stereocenters. The van der Waals surface area contributed by atoms with Crippen LogP contribution in [-0.4, -0.2) is 53.6 Å². The summed E-state index contributed by atoms with van der Waals surface area (Å²) in [4.78, 5) is 12.1. The predicted molar refractivity (Wildman–Crippen MR) is 116 cm³/mol. The van der Waals surface area contributed by atoms with Crippen LogP contribution >= 0.6 is 0 Å². The maximum absolute atomic E-state index is 12.4. The van der Waals surface area contributed by atoms with E-state index < -0.39 is 31.9 Å². The highest BCUT2D eigenvalue weighted by Gasteiger charge is 2.31. The van der Waals surface area contributed by atoms with E-state index in [1.807, 2.05) is 32.0 Å². The third-order valence-electron chi connectivity index (χ3n) is 4.87. The van der Waals surface area contributed by atoms with Crippen molar-refractivity contribution < 1.29 is 31.1 Å². The van der Waals surface area contributed by atoms with Crippen LogP contribution in [0.5, 0.6) is 5.75 Å². The number of carbonyl (C=O) groups excluding carboxylic acids is 1. The Balaban J connectivity index is 1.52. The first-order valence-corrected chi connectivity index (χ1v) is 13.1. The van der Waals surface area contributed by atoms with Gasteiger partial charge in [-0.25, -0.2) is 26.4 Å². The number of hydrogen-bond acceptors (Lipinski definition) is 7. The molecule has 31 heavy (non-hydrogen) atoms. The van der Waals surface area contributed by atoms with Crippen LogP contribution < -0.4 is 9.46 Å². The Morgan fingerprint density at radius 3 is 2.45 bits per heavy atom. The number of carbonyl (C=O) groups is 1. The SMILES string of the molecule is Cc1ccc(C)c(OCCOC(=O)c2ccc(S(=O)(=O)N[C@H]3CCS(=O)(=O)C3)cc2)c1. The topological polar surface area (TPSA) is 116 Å². The zero-order valence-electron chi connectivity index (χ0n) is 17.3. The van der Waals surface area contributed by atoms with E-state index in [-0.39, 0.29) is 41.6 Å². The van der Waals surface area contributed by atoms with Crippen molar-refractivity contribution in [2.24, 2.45) is 0 Å². The lowest BCUT2D eigenvalue weighted by molar-refractivity contribution is 0.0450. The molecule has 1 N–H and O–H groups in total. The van der Waals surface area contributed by atoms with Crippen LogP contribution in [-0.2, 0) is 24.6 Å². The first-order valence-electron chi connectivity index (χ1n) is 9.76. The number of esters is 1. The molecule has 1 saturated heterocycles. The molecule has 0 bridgehead atoms. The second kappa shape index (κ2) is 9.37. The minimum Gasteiger partial charge on any atom is -0.490 e. The van der Waals surface area contributed by atoms with Gasteiger partial charge < -0.3 is 9.47 Å². The molecule has 2 aromatic carbocycles. The van der Waals surface area contributed by atoms with Crippen molar-refractivity contribution in [3.05, 3.63) is 59.2 Å². The third-order valence-corrected chi connectivity index (χ3v) is 8.18. The summed E-state index contributed by atoms with van der Waals surface area (Å²) >= 11 is 0. The Bertz CT molecular complexity index is 1160. The Hall–Kier alpha value is -2.43. The first-order chi connectivity index (χ1) is 14.6. The number of sulfone groups is 1. The van der Waals surface area contributed by atoms with Crippen molar-refractivity contribution >= 4 is 25.8 Å². The lowest BCUT2D eigenvalue weighted by Gasteiger charge is -2.12. The maximum atomic E-state index is 12.4. The van der Waals surface area contributed by atoms with Gasteiger partial charge in [0.15, 0.2) is 9.84 Å². The Labute approximate surface area is 182 Å². The number of aryl methyl sites for hydroxylation is 2. The monoisotopic (exact) mass is 467 g/mol. The highest BCUT2D eigenvalue weighted by molar-refractivity contribution is 7.92. The lowest BCUT2D eigenvalue weighted by atomic mass is 10.1. The van der Waals surface area contributed by atoms with Gasteiger partial charge in [-0.2, -0.15) is 0 Å². The van der Waals surface area contributed by atoms with Crippen molar-refractivity contribution in [2.45, 2.75) is 31.2 Å². The first kappa shape index (κ1) is 23.2. The molecule has 8 nitrogen and oxygen atoms in total. The summed E-state index contributed by atoms with van der Waals surface area (Å²) in [5.41, 5.74) is 2.25. The maximum Gasteiger partial charge on any atom is 0.338 e.